The first kappa shape index (κ1) is 12.2. The fourth-order valence-corrected chi connectivity index (χ4v) is 1.41. The largest absolute Gasteiger partial charge is 0.508 e. The van der Waals surface area contributed by atoms with Gasteiger partial charge in [0.25, 0.3) is 0 Å². The summed E-state index contributed by atoms with van der Waals surface area (Å²) in [6.45, 7) is 3.36. The van der Waals surface area contributed by atoms with E-state index in [0.717, 1.165) is 0 Å². The Morgan fingerprint density at radius 2 is 2.06 bits per heavy atom. The second-order valence-corrected chi connectivity index (χ2v) is 3.40. The van der Waals surface area contributed by atoms with Crippen LogP contribution in [-0.2, 0) is 16.0 Å². The molecule has 0 aromatic heterocycles. The highest BCUT2D eigenvalue weighted by molar-refractivity contribution is 5.94. The Morgan fingerprint density at radius 3 is 2.62 bits per heavy atom. The molecule has 0 bridgehead atoms. The number of Topliss-reactive ketones (excluding diaryl/α,β-unsaturated/α-hetero) is 1. The molecule has 16 heavy (non-hydrogen) atoms. The van der Waals surface area contributed by atoms with Crippen molar-refractivity contribution in [3.8, 4) is 5.75 Å². The van der Waals surface area contributed by atoms with E-state index >= 15 is 0 Å². The van der Waals surface area contributed by atoms with Crippen molar-refractivity contribution in [2.75, 3.05) is 6.61 Å². The van der Waals surface area contributed by atoms with E-state index in [-0.39, 0.29) is 30.1 Å². The van der Waals surface area contributed by atoms with E-state index in [1.54, 1.807) is 13.0 Å². The summed E-state index contributed by atoms with van der Waals surface area (Å²) in [5.41, 5.74) is 0.575. The number of ether oxygens (including phenoxy) is 1. The molecule has 0 fully saturated rings. The summed E-state index contributed by atoms with van der Waals surface area (Å²) in [5, 5.41) is 9.60. The zero-order valence-electron chi connectivity index (χ0n) is 9.32. The van der Waals surface area contributed by atoms with E-state index in [0.29, 0.717) is 5.56 Å². The number of hydrogen-bond donors (Lipinski definition) is 1. The first-order valence-corrected chi connectivity index (χ1v) is 5.03. The number of aromatic hydroxyl groups is 1. The van der Waals surface area contributed by atoms with E-state index in [2.05, 4.69) is 0 Å². The maximum absolute atomic E-state index is 11.6. The van der Waals surface area contributed by atoms with Crippen LogP contribution in [0.4, 0.5) is 0 Å². The molecule has 0 aliphatic carbocycles. The van der Waals surface area contributed by atoms with Gasteiger partial charge < -0.3 is 9.84 Å². The quantitative estimate of drug-likeness (QED) is 0.787. The van der Waals surface area contributed by atoms with Gasteiger partial charge in [0.1, 0.15) is 11.5 Å². The molecule has 0 saturated heterocycles. The molecule has 1 N–H and O–H groups in total. The molecule has 0 unspecified atom stereocenters. The second-order valence-electron chi connectivity index (χ2n) is 3.40. The van der Waals surface area contributed by atoms with E-state index < -0.39 is 5.97 Å². The molecule has 0 amide bonds. The molecule has 0 atom stereocenters. The summed E-state index contributed by atoms with van der Waals surface area (Å²) in [6, 6.07) is 4.53. The molecule has 1 rings (SSSR count). The molecule has 1 aromatic rings. The Hall–Kier alpha value is -1.84. The monoisotopic (exact) mass is 222 g/mol. The third-order valence-electron chi connectivity index (χ3n) is 2.07. The lowest BCUT2D eigenvalue weighted by Gasteiger charge is -2.09. The van der Waals surface area contributed by atoms with Gasteiger partial charge in [0.2, 0.25) is 0 Å². The average Bonchev–Trinajstić information content (AvgIpc) is 2.20. The molecule has 0 spiro atoms. The van der Waals surface area contributed by atoms with Crippen LogP contribution in [0.15, 0.2) is 18.2 Å². The highest BCUT2D eigenvalue weighted by atomic mass is 16.5. The van der Waals surface area contributed by atoms with E-state index in [1.165, 1.54) is 19.1 Å². The average molecular weight is 222 g/mol. The van der Waals surface area contributed by atoms with Gasteiger partial charge in [0.05, 0.1) is 12.2 Å². The number of benzene rings is 1. The lowest BCUT2D eigenvalue weighted by Crippen LogP contribution is -2.10. The van der Waals surface area contributed by atoms with E-state index in [4.69, 9.17) is 4.74 Å². The number of carbonyl (C=O) groups is 2. The van der Waals surface area contributed by atoms with Crippen molar-refractivity contribution in [3.63, 3.8) is 0 Å². The predicted molar refractivity (Wildman–Crippen MR) is 58.4 cm³/mol. The molecule has 0 aliphatic rings. The summed E-state index contributed by atoms with van der Waals surface area (Å²) in [4.78, 5) is 22.6. The van der Waals surface area contributed by atoms with Gasteiger partial charge in [-0.05, 0) is 26.0 Å². The topological polar surface area (TPSA) is 63.6 Å². The zero-order valence-corrected chi connectivity index (χ0v) is 9.32. The molecule has 0 radical (unpaired) electrons. The lowest BCUT2D eigenvalue weighted by molar-refractivity contribution is -0.116. The van der Waals surface area contributed by atoms with E-state index in [1.807, 2.05) is 0 Å². The number of hydrogen-bond acceptors (Lipinski definition) is 4. The molecular formula is C12H14O4. The van der Waals surface area contributed by atoms with Crippen LogP contribution in [0.5, 0.6) is 5.75 Å². The molecule has 86 valence electrons. The fourth-order valence-electron chi connectivity index (χ4n) is 1.41. The Labute approximate surface area is 93.9 Å². The second kappa shape index (κ2) is 5.30. The van der Waals surface area contributed by atoms with Crippen LogP contribution in [0.25, 0.3) is 0 Å². The molecule has 4 nitrogen and oxygen atoms in total. The van der Waals surface area contributed by atoms with E-state index in [9.17, 15) is 14.7 Å². The Bertz CT molecular complexity index is 409. The summed E-state index contributed by atoms with van der Waals surface area (Å²) >= 11 is 0. The molecule has 4 heteroatoms. The third-order valence-corrected chi connectivity index (χ3v) is 2.07. The summed E-state index contributed by atoms with van der Waals surface area (Å²) in [7, 11) is 0. The lowest BCUT2D eigenvalue weighted by atomic mass is 10.0. The van der Waals surface area contributed by atoms with Crippen molar-refractivity contribution >= 4 is 11.8 Å². The normalized spacial score (nSPS) is 9.88. The summed E-state index contributed by atoms with van der Waals surface area (Å²) in [5.74, 6) is -0.692. The Morgan fingerprint density at radius 1 is 1.38 bits per heavy atom. The van der Waals surface area contributed by atoms with Crippen molar-refractivity contribution in [2.45, 2.75) is 20.3 Å². The summed E-state index contributed by atoms with van der Waals surface area (Å²) in [6.07, 6.45) is 0.0286. The number of phenolic OH excluding ortho intramolecular Hbond substituents is 1. The van der Waals surface area contributed by atoms with Crippen LogP contribution in [-0.4, -0.2) is 23.5 Å². The third kappa shape index (κ3) is 2.82. The number of carbonyl (C=O) groups excluding carboxylic acids is 2. The first-order chi connectivity index (χ1) is 7.56. The van der Waals surface area contributed by atoms with Gasteiger partial charge in [-0.2, -0.15) is 0 Å². The zero-order chi connectivity index (χ0) is 12.1. The minimum atomic E-state index is -0.519. The smallest absolute Gasteiger partial charge is 0.338 e. The Kier molecular flexibility index (Phi) is 4.05. The predicted octanol–water partition coefficient (Wildman–Crippen LogP) is 1.70. The van der Waals surface area contributed by atoms with Crippen LogP contribution < -0.4 is 0 Å². The highest BCUT2D eigenvalue weighted by Crippen LogP contribution is 2.22. The Balaban J connectivity index is 3.11. The first-order valence-electron chi connectivity index (χ1n) is 5.03. The van der Waals surface area contributed by atoms with Gasteiger partial charge in [-0.15, -0.1) is 0 Å². The van der Waals surface area contributed by atoms with Gasteiger partial charge in [0, 0.05) is 12.0 Å². The molecular weight excluding hydrogens is 208 g/mol. The SMILES string of the molecule is CCOC(=O)c1cccc(O)c1CC(C)=O. The molecule has 1 aromatic carbocycles. The van der Waals surface area contributed by atoms with Crippen LogP contribution in [0.3, 0.4) is 0 Å². The number of phenols is 1. The maximum atomic E-state index is 11.6. The number of ketones is 1. The highest BCUT2D eigenvalue weighted by Gasteiger charge is 2.16. The number of rotatable bonds is 4. The van der Waals surface area contributed by atoms with Crippen LogP contribution in [0.2, 0.25) is 0 Å². The fraction of sp³-hybridized carbons (Fsp3) is 0.333. The molecule has 0 saturated carbocycles. The number of esters is 1. The van der Waals surface area contributed by atoms with Crippen LogP contribution in [0, 0.1) is 0 Å². The molecule has 0 heterocycles. The molecule has 0 aliphatic heterocycles. The van der Waals surface area contributed by atoms with Gasteiger partial charge in [-0.1, -0.05) is 6.07 Å². The van der Waals surface area contributed by atoms with Crippen LogP contribution >= 0.6 is 0 Å². The maximum Gasteiger partial charge on any atom is 0.338 e. The minimum absolute atomic E-state index is 0.0286. The van der Waals surface area contributed by atoms with Crippen molar-refractivity contribution < 1.29 is 19.4 Å². The summed E-state index contributed by atoms with van der Waals surface area (Å²) < 4.78 is 4.84. The standard InChI is InChI=1S/C12H14O4/c1-3-16-12(15)9-5-4-6-11(14)10(9)7-8(2)13/h4-6,14H,3,7H2,1-2H3. The van der Waals surface area contributed by atoms with Crippen molar-refractivity contribution in [1.29, 1.82) is 0 Å². The van der Waals surface area contributed by atoms with Crippen molar-refractivity contribution in [1.82, 2.24) is 0 Å². The van der Waals surface area contributed by atoms with Gasteiger partial charge in [0.15, 0.2) is 0 Å². The minimum Gasteiger partial charge on any atom is -0.508 e. The van der Waals surface area contributed by atoms with Gasteiger partial charge >= 0.3 is 5.97 Å². The van der Waals surface area contributed by atoms with Gasteiger partial charge in [-0.25, -0.2) is 4.79 Å². The van der Waals surface area contributed by atoms with Crippen molar-refractivity contribution in [2.24, 2.45) is 0 Å². The van der Waals surface area contributed by atoms with Crippen LogP contribution in [0.1, 0.15) is 29.8 Å². The van der Waals surface area contributed by atoms with Crippen molar-refractivity contribution in [3.05, 3.63) is 29.3 Å². The van der Waals surface area contributed by atoms with Gasteiger partial charge in [-0.3, -0.25) is 4.79 Å².